The van der Waals surface area contributed by atoms with Crippen molar-refractivity contribution in [1.29, 1.82) is 0 Å². The molecule has 2 heterocycles. The van der Waals surface area contributed by atoms with Crippen molar-refractivity contribution >= 4 is 11.8 Å². The Morgan fingerprint density at radius 3 is 2.38 bits per heavy atom. The molecule has 1 fully saturated rings. The highest BCUT2D eigenvalue weighted by molar-refractivity contribution is 5.68. The number of nitrogens with zero attached hydrogens (tertiary/aromatic N) is 5. The summed E-state index contributed by atoms with van der Waals surface area (Å²) in [4.78, 5) is 15.3. The van der Waals surface area contributed by atoms with E-state index in [0.29, 0.717) is 25.0 Å². The minimum Gasteiger partial charge on any atom is -0.444 e. The summed E-state index contributed by atoms with van der Waals surface area (Å²) in [6.45, 7) is 7.07. The molecule has 0 atom stereocenters. The maximum atomic E-state index is 12.1. The number of benzene rings is 1. The molecule has 8 heteroatoms. The second-order valence-corrected chi connectivity index (χ2v) is 7.57. The van der Waals surface area contributed by atoms with E-state index < -0.39 is 5.60 Å². The Morgan fingerprint density at radius 1 is 1.19 bits per heavy atom. The van der Waals surface area contributed by atoms with Gasteiger partial charge in [-0.25, -0.2) is 4.79 Å². The van der Waals surface area contributed by atoms with Gasteiger partial charge in [0.15, 0.2) is 0 Å². The van der Waals surface area contributed by atoms with E-state index in [9.17, 15) is 4.79 Å². The van der Waals surface area contributed by atoms with Gasteiger partial charge in [-0.05, 0) is 63.1 Å². The lowest BCUT2D eigenvalue weighted by Gasteiger charge is -2.34. The van der Waals surface area contributed by atoms with E-state index in [1.807, 2.05) is 45.0 Å². The van der Waals surface area contributed by atoms with Crippen LogP contribution in [0.1, 0.15) is 33.6 Å². The normalized spacial score (nSPS) is 15.8. The highest BCUT2D eigenvalue weighted by Gasteiger charge is 2.26. The molecule has 1 aromatic carbocycles. The maximum absolute atomic E-state index is 12.1. The molecule has 0 saturated carbocycles. The van der Waals surface area contributed by atoms with Crippen LogP contribution in [0.25, 0.3) is 11.4 Å². The molecule has 0 bridgehead atoms. The molecule has 0 unspecified atom stereocenters. The molecule has 0 spiro atoms. The summed E-state index contributed by atoms with van der Waals surface area (Å²) in [5.74, 6) is 0.615. The lowest BCUT2D eigenvalue weighted by Crippen LogP contribution is -2.44. The van der Waals surface area contributed by atoms with Gasteiger partial charge in [0.2, 0.25) is 5.82 Å². The van der Waals surface area contributed by atoms with Crippen molar-refractivity contribution in [2.75, 3.05) is 18.4 Å². The molecule has 1 aliphatic rings. The zero-order valence-electron chi connectivity index (χ0n) is 15.8. The number of likely N-dealkylation sites (tertiary alicyclic amines) is 1. The first-order valence-corrected chi connectivity index (χ1v) is 8.89. The van der Waals surface area contributed by atoms with Crippen molar-refractivity contribution in [1.82, 2.24) is 25.1 Å². The Hall–Kier alpha value is -2.64. The Morgan fingerprint density at radius 2 is 1.85 bits per heavy atom. The van der Waals surface area contributed by atoms with Crippen molar-refractivity contribution in [3.63, 3.8) is 0 Å². The lowest BCUT2D eigenvalue weighted by molar-refractivity contribution is 0.0210. The molecule has 3 rings (SSSR count). The van der Waals surface area contributed by atoms with E-state index >= 15 is 0 Å². The van der Waals surface area contributed by atoms with Gasteiger partial charge in [-0.1, -0.05) is 0 Å². The van der Waals surface area contributed by atoms with Crippen LogP contribution in [-0.4, -0.2) is 55.9 Å². The molecule has 0 aliphatic carbocycles. The topological polar surface area (TPSA) is 85.2 Å². The van der Waals surface area contributed by atoms with Crippen LogP contribution < -0.4 is 5.32 Å². The first-order chi connectivity index (χ1) is 12.3. The number of piperidine rings is 1. The molecular weight excluding hydrogens is 332 g/mol. The van der Waals surface area contributed by atoms with Gasteiger partial charge in [0.05, 0.1) is 7.05 Å². The number of ether oxygens (including phenoxy) is 1. The molecule has 2 aromatic rings. The zero-order valence-corrected chi connectivity index (χ0v) is 15.8. The summed E-state index contributed by atoms with van der Waals surface area (Å²) in [6, 6.07) is 8.34. The molecule has 140 valence electrons. The predicted octanol–water partition coefficient (Wildman–Crippen LogP) is 2.69. The molecule has 1 amide bonds. The van der Waals surface area contributed by atoms with E-state index in [-0.39, 0.29) is 6.09 Å². The van der Waals surface area contributed by atoms with E-state index in [1.165, 1.54) is 4.80 Å². The largest absolute Gasteiger partial charge is 0.444 e. The number of hydrogen-bond acceptors (Lipinski definition) is 6. The predicted molar refractivity (Wildman–Crippen MR) is 98.7 cm³/mol. The summed E-state index contributed by atoms with van der Waals surface area (Å²) in [5.41, 5.74) is 1.53. The van der Waals surface area contributed by atoms with Crippen molar-refractivity contribution in [2.45, 2.75) is 45.3 Å². The van der Waals surface area contributed by atoms with Crippen LogP contribution in [0.15, 0.2) is 24.3 Å². The van der Waals surface area contributed by atoms with Gasteiger partial charge in [-0.15, -0.1) is 10.2 Å². The Balaban J connectivity index is 1.51. The zero-order chi connectivity index (χ0) is 18.7. The van der Waals surface area contributed by atoms with Gasteiger partial charge >= 0.3 is 6.09 Å². The van der Waals surface area contributed by atoms with Crippen LogP contribution in [0, 0.1) is 0 Å². The average molecular weight is 358 g/mol. The fraction of sp³-hybridized carbons (Fsp3) is 0.556. The van der Waals surface area contributed by atoms with E-state index in [0.717, 1.165) is 24.1 Å². The third-order valence-electron chi connectivity index (χ3n) is 4.17. The average Bonchev–Trinajstić information content (AvgIpc) is 3.01. The molecule has 8 nitrogen and oxygen atoms in total. The number of carbonyl (C=O) groups excluding carboxylic acids is 1. The third-order valence-corrected chi connectivity index (χ3v) is 4.17. The summed E-state index contributed by atoms with van der Waals surface area (Å²) in [6.07, 6.45) is 1.57. The number of tetrazole rings is 1. The second kappa shape index (κ2) is 7.31. The van der Waals surface area contributed by atoms with Crippen LogP contribution in [0.3, 0.4) is 0 Å². The van der Waals surface area contributed by atoms with Crippen LogP contribution in [0.5, 0.6) is 0 Å². The van der Waals surface area contributed by atoms with E-state index in [4.69, 9.17) is 4.74 Å². The number of nitrogens with one attached hydrogen (secondary N) is 1. The number of aromatic nitrogens is 4. The van der Waals surface area contributed by atoms with Crippen molar-refractivity contribution in [3.05, 3.63) is 24.3 Å². The number of carbonyl (C=O) groups is 1. The van der Waals surface area contributed by atoms with Gasteiger partial charge in [0.25, 0.3) is 0 Å². The Bertz CT molecular complexity index is 742. The maximum Gasteiger partial charge on any atom is 0.410 e. The quantitative estimate of drug-likeness (QED) is 0.908. The van der Waals surface area contributed by atoms with Gasteiger partial charge in [0, 0.05) is 30.4 Å². The van der Waals surface area contributed by atoms with Gasteiger partial charge in [-0.3, -0.25) is 0 Å². The van der Waals surface area contributed by atoms with Crippen LogP contribution in [-0.2, 0) is 11.8 Å². The number of hydrogen-bond donors (Lipinski definition) is 1. The van der Waals surface area contributed by atoms with Crippen molar-refractivity contribution < 1.29 is 9.53 Å². The number of rotatable bonds is 3. The fourth-order valence-corrected chi connectivity index (χ4v) is 2.88. The standard InChI is InChI=1S/C18H26N6O2/c1-18(2,3)26-17(25)24-11-9-15(10-12-24)19-14-7-5-13(6-8-14)16-20-22-23(4)21-16/h5-8,15,19H,9-12H2,1-4H3. The second-order valence-electron chi connectivity index (χ2n) is 7.57. The highest BCUT2D eigenvalue weighted by atomic mass is 16.6. The minimum atomic E-state index is -0.452. The highest BCUT2D eigenvalue weighted by Crippen LogP contribution is 2.21. The summed E-state index contributed by atoms with van der Waals surface area (Å²) >= 11 is 0. The minimum absolute atomic E-state index is 0.225. The van der Waals surface area contributed by atoms with Crippen molar-refractivity contribution in [3.8, 4) is 11.4 Å². The Labute approximate surface area is 153 Å². The molecule has 1 aliphatic heterocycles. The first kappa shape index (κ1) is 18.2. The van der Waals surface area contributed by atoms with E-state index in [2.05, 4.69) is 20.7 Å². The van der Waals surface area contributed by atoms with Gasteiger partial charge in [-0.2, -0.15) is 4.80 Å². The smallest absolute Gasteiger partial charge is 0.410 e. The van der Waals surface area contributed by atoms with Gasteiger partial charge in [0.1, 0.15) is 5.60 Å². The summed E-state index contributed by atoms with van der Waals surface area (Å²) < 4.78 is 5.44. The lowest BCUT2D eigenvalue weighted by atomic mass is 10.0. The SMILES string of the molecule is Cn1nnc(-c2ccc(NC3CCN(C(=O)OC(C)(C)C)CC3)cc2)n1. The molecule has 1 saturated heterocycles. The third kappa shape index (κ3) is 4.71. The summed E-state index contributed by atoms with van der Waals surface area (Å²) in [5, 5.41) is 15.6. The summed E-state index contributed by atoms with van der Waals surface area (Å²) in [7, 11) is 1.75. The van der Waals surface area contributed by atoms with Crippen LogP contribution in [0.2, 0.25) is 0 Å². The van der Waals surface area contributed by atoms with E-state index in [1.54, 1.807) is 11.9 Å². The first-order valence-electron chi connectivity index (χ1n) is 8.89. The fourth-order valence-electron chi connectivity index (χ4n) is 2.88. The van der Waals surface area contributed by atoms with Crippen LogP contribution in [0.4, 0.5) is 10.5 Å². The molecule has 26 heavy (non-hydrogen) atoms. The molecule has 1 aromatic heterocycles. The number of anilines is 1. The molecular formula is C18H26N6O2. The van der Waals surface area contributed by atoms with Gasteiger partial charge < -0.3 is 15.0 Å². The monoisotopic (exact) mass is 358 g/mol. The number of amides is 1. The molecule has 1 N–H and O–H groups in total. The molecule has 0 radical (unpaired) electrons. The number of aryl methyl sites for hydroxylation is 1. The Kier molecular flexibility index (Phi) is 5.11. The van der Waals surface area contributed by atoms with Crippen molar-refractivity contribution in [2.24, 2.45) is 7.05 Å². The van der Waals surface area contributed by atoms with Crippen LogP contribution >= 0.6 is 0 Å².